The van der Waals surface area contributed by atoms with E-state index in [0.717, 1.165) is 62.1 Å². The van der Waals surface area contributed by atoms with Crippen LogP contribution in [-0.4, -0.2) is 23.6 Å². The van der Waals surface area contributed by atoms with Crippen molar-refractivity contribution < 1.29 is 9.42 Å². The average Bonchev–Trinajstić information content (AvgIpc) is 3.83. The van der Waals surface area contributed by atoms with Crippen molar-refractivity contribution in [1.29, 1.82) is 0 Å². The van der Waals surface area contributed by atoms with Crippen molar-refractivity contribution in [2.75, 3.05) is 0 Å². The Morgan fingerprint density at radius 3 is 2.24 bits per heavy atom. The number of hydrogen-bond donors (Lipinski definition) is 0. The molecule has 4 heterocycles. The number of imidazole rings is 1. The first kappa shape index (κ1) is 29.7. The van der Waals surface area contributed by atoms with Gasteiger partial charge in [0.1, 0.15) is 17.3 Å². The number of pyridine rings is 1. The number of hydrogen-bond acceptors (Lipinski definition) is 3. The van der Waals surface area contributed by atoms with Gasteiger partial charge in [-0.25, -0.2) is 4.98 Å². The van der Waals surface area contributed by atoms with E-state index in [4.69, 9.17) is 14.8 Å². The summed E-state index contributed by atoms with van der Waals surface area (Å²) in [5.74, 6) is 3.12. The largest absolute Gasteiger partial charge is 0.457 e. The minimum absolute atomic E-state index is 0.000335. The van der Waals surface area contributed by atoms with Crippen molar-refractivity contribution >= 4 is 27.6 Å². The molecule has 50 heavy (non-hydrogen) atoms. The molecular formula is C43H34N6O. The van der Waals surface area contributed by atoms with Crippen molar-refractivity contribution in [1.82, 2.24) is 23.6 Å². The highest BCUT2D eigenvalue weighted by Crippen LogP contribution is 2.36. The summed E-state index contributed by atoms with van der Waals surface area (Å²) in [6.07, 6.45) is 7.47. The van der Waals surface area contributed by atoms with E-state index in [0.29, 0.717) is 0 Å². The summed E-state index contributed by atoms with van der Waals surface area (Å²) in [6.45, 7) is 6.68. The molecule has 9 rings (SSSR count). The van der Waals surface area contributed by atoms with E-state index in [1.807, 2.05) is 77.3 Å². The van der Waals surface area contributed by atoms with Crippen LogP contribution in [0.3, 0.4) is 0 Å². The monoisotopic (exact) mass is 650 g/mol. The fourth-order valence-electron chi connectivity index (χ4n) is 6.64. The van der Waals surface area contributed by atoms with Crippen LogP contribution in [-0.2, 0) is 5.41 Å². The molecule has 0 N–H and O–H groups in total. The molecule has 0 radical (unpaired) electrons. The van der Waals surface area contributed by atoms with Crippen molar-refractivity contribution in [3.05, 3.63) is 164 Å². The second-order valence-corrected chi connectivity index (χ2v) is 13.5. The molecule has 0 saturated heterocycles. The summed E-state index contributed by atoms with van der Waals surface area (Å²) < 4.78 is 14.7. The minimum atomic E-state index is -0.000335. The van der Waals surface area contributed by atoms with Crippen LogP contribution < -0.4 is 9.42 Å². The second kappa shape index (κ2) is 11.6. The third-order valence-electron chi connectivity index (χ3n) is 9.18. The highest BCUT2D eigenvalue weighted by molar-refractivity contribution is 6.09. The van der Waals surface area contributed by atoms with Crippen LogP contribution in [0.25, 0.3) is 56.0 Å². The Balaban J connectivity index is 1.13. The summed E-state index contributed by atoms with van der Waals surface area (Å²) in [5.41, 5.74) is 7.26. The first-order valence-electron chi connectivity index (χ1n) is 16.8. The molecule has 0 aliphatic carbocycles. The van der Waals surface area contributed by atoms with Crippen molar-refractivity contribution in [2.24, 2.45) is 0 Å². The van der Waals surface area contributed by atoms with E-state index in [9.17, 15) is 0 Å². The summed E-state index contributed by atoms with van der Waals surface area (Å²) >= 11 is 0. The second-order valence-electron chi connectivity index (χ2n) is 13.5. The van der Waals surface area contributed by atoms with E-state index in [1.54, 1.807) is 4.68 Å². The molecule has 0 spiro atoms. The van der Waals surface area contributed by atoms with Crippen LogP contribution in [0.15, 0.2) is 152 Å². The molecule has 0 aliphatic heterocycles. The molecule has 0 amide bonds. The van der Waals surface area contributed by atoms with Gasteiger partial charge in [-0.15, -0.1) is 0 Å². The van der Waals surface area contributed by atoms with Gasteiger partial charge in [0.2, 0.25) is 0 Å². The van der Waals surface area contributed by atoms with E-state index < -0.39 is 0 Å². The molecule has 7 heteroatoms. The lowest BCUT2D eigenvalue weighted by Gasteiger charge is -2.20. The van der Waals surface area contributed by atoms with Crippen LogP contribution in [0.5, 0.6) is 11.5 Å². The maximum Gasteiger partial charge on any atom is 0.275 e. The van der Waals surface area contributed by atoms with E-state index in [1.165, 1.54) is 10.9 Å². The van der Waals surface area contributed by atoms with Gasteiger partial charge in [0.25, 0.3) is 12.1 Å². The molecule has 0 bridgehead atoms. The molecule has 9 aromatic rings. The Morgan fingerprint density at radius 1 is 0.680 bits per heavy atom. The summed E-state index contributed by atoms with van der Waals surface area (Å²) in [4.78, 5) is 4.83. The average molecular weight is 651 g/mol. The first-order chi connectivity index (χ1) is 24.4. The number of ether oxygens (including phenoxy) is 1. The number of benzene rings is 5. The Morgan fingerprint density at radius 2 is 1.42 bits per heavy atom. The molecule has 0 atom stereocenters. The maximum absolute atomic E-state index is 6.61. The Hall–Kier alpha value is -6.47. The predicted molar refractivity (Wildman–Crippen MR) is 198 cm³/mol. The molecule has 4 aromatic heterocycles. The zero-order chi connectivity index (χ0) is 33.8. The maximum atomic E-state index is 6.61. The molecule has 0 unspecified atom stereocenters. The van der Waals surface area contributed by atoms with Crippen LogP contribution >= 0.6 is 0 Å². The number of fused-ring (bicyclic) bond motifs is 4. The van der Waals surface area contributed by atoms with Crippen LogP contribution in [0.4, 0.5) is 0 Å². The zero-order valence-corrected chi connectivity index (χ0v) is 28.0. The number of nitrogens with zero attached hydrogens (tertiary/aromatic N) is 6. The van der Waals surface area contributed by atoms with E-state index >= 15 is 0 Å². The van der Waals surface area contributed by atoms with Gasteiger partial charge in [-0.05, 0) is 71.1 Å². The van der Waals surface area contributed by atoms with Gasteiger partial charge in [0.05, 0.1) is 22.4 Å². The van der Waals surface area contributed by atoms with E-state index in [-0.39, 0.29) is 5.41 Å². The third-order valence-corrected chi connectivity index (χ3v) is 9.18. The molecule has 5 aromatic carbocycles. The highest BCUT2D eigenvalue weighted by atomic mass is 16.5. The number of rotatable bonds is 6. The van der Waals surface area contributed by atoms with Crippen molar-refractivity contribution in [3.63, 3.8) is 0 Å². The normalized spacial score (nSPS) is 11.9. The lowest BCUT2D eigenvalue weighted by Crippen LogP contribution is -2.32. The fourth-order valence-corrected chi connectivity index (χ4v) is 6.64. The van der Waals surface area contributed by atoms with Gasteiger partial charge in [0.15, 0.2) is 0 Å². The molecule has 0 aliphatic rings. The standard InChI is InChI=1S/C43H34N6O/c1-43(2,3)31-23-24-44-41(26-31)49-38-20-11-10-19-36(38)37-22-21-35(27-39(37)49)50-34-18-12-13-30(25-34)40-28-46(32-14-6-4-7-15-32)42-45-48(29-47(40)42)33-16-8-5-9-17-33/h4-28H,1-3H3. The lowest BCUT2D eigenvalue weighted by molar-refractivity contribution is -0.660. The first-order valence-corrected chi connectivity index (χ1v) is 16.8. The molecule has 242 valence electrons. The van der Waals surface area contributed by atoms with E-state index in [2.05, 4.69) is 115 Å². The topological polar surface area (TPSA) is 53.2 Å². The summed E-state index contributed by atoms with van der Waals surface area (Å²) in [5, 5.41) is 7.27. The van der Waals surface area contributed by atoms with Gasteiger partial charge in [-0.3, -0.25) is 8.97 Å². The van der Waals surface area contributed by atoms with Gasteiger partial charge in [-0.1, -0.05) is 105 Å². The minimum Gasteiger partial charge on any atom is -0.457 e. The SMILES string of the molecule is CC(C)(C)c1ccnc(-n2c3ccccc3c3ccc(Oc4cccc(-c5cn(-c6ccccc6)c6n[n+](-c7ccccc7)[c-]n56)c4)cc32)c1. The quantitative estimate of drug-likeness (QED) is 0.133. The lowest BCUT2D eigenvalue weighted by atomic mass is 9.88. The molecule has 0 fully saturated rings. The Bertz CT molecular complexity index is 2660. The highest BCUT2D eigenvalue weighted by Gasteiger charge is 2.19. The van der Waals surface area contributed by atoms with Gasteiger partial charge < -0.3 is 9.30 Å². The molecule has 7 nitrogen and oxygen atoms in total. The Kier molecular flexibility index (Phi) is 6.88. The molecule has 0 saturated carbocycles. The van der Waals surface area contributed by atoms with Gasteiger partial charge >= 0.3 is 0 Å². The zero-order valence-electron chi connectivity index (χ0n) is 28.0. The van der Waals surface area contributed by atoms with Gasteiger partial charge in [0, 0.05) is 34.9 Å². The molecular weight excluding hydrogens is 617 g/mol. The van der Waals surface area contributed by atoms with Crippen molar-refractivity contribution in [3.8, 4) is 39.9 Å². The van der Waals surface area contributed by atoms with Crippen LogP contribution in [0.1, 0.15) is 26.3 Å². The summed E-state index contributed by atoms with van der Waals surface area (Å²) in [7, 11) is 0. The van der Waals surface area contributed by atoms with Crippen LogP contribution in [0, 0.1) is 6.33 Å². The third kappa shape index (κ3) is 5.11. The number of aromatic nitrogens is 6. The number of para-hydroxylation sites is 3. The van der Waals surface area contributed by atoms with Crippen LogP contribution in [0.2, 0.25) is 0 Å². The summed E-state index contributed by atoms with van der Waals surface area (Å²) in [6, 6.07) is 47.6. The van der Waals surface area contributed by atoms with Gasteiger partial charge in [-0.2, -0.15) is 4.68 Å². The fraction of sp³-hybridized carbons (Fsp3) is 0.0930. The predicted octanol–water partition coefficient (Wildman–Crippen LogP) is 9.45. The van der Waals surface area contributed by atoms with Crippen molar-refractivity contribution in [2.45, 2.75) is 26.2 Å². The smallest absolute Gasteiger partial charge is 0.275 e. The Labute approximate surface area is 289 Å².